The predicted molar refractivity (Wildman–Crippen MR) is 122 cm³/mol. The van der Waals surface area contributed by atoms with E-state index in [0.29, 0.717) is 28.5 Å². The number of H-pyrrole nitrogens is 1. The fraction of sp³-hybridized carbons (Fsp3) is 0.333. The van der Waals surface area contributed by atoms with Crippen LogP contribution in [0, 0.1) is 11.2 Å². The van der Waals surface area contributed by atoms with Gasteiger partial charge in [0.25, 0.3) is 0 Å². The number of halogens is 1. The fourth-order valence-corrected chi connectivity index (χ4v) is 5.05. The standard InChI is InChI=1S/C24H26FN3OS/c1-24(2,3)22-8-7-19(30-22)9-16-6-5-15(10-20(16)25)17-11-21(27-23(29)12-17)18-13-26-28(4)14-18/h5-6,8,10-14,19H,7,9H2,1-4H3,(H,27,29). The summed E-state index contributed by atoms with van der Waals surface area (Å²) in [6.07, 6.45) is 7.48. The summed E-state index contributed by atoms with van der Waals surface area (Å²) in [5.41, 5.74) is 3.51. The van der Waals surface area contributed by atoms with Crippen molar-refractivity contribution in [1.29, 1.82) is 0 Å². The molecule has 30 heavy (non-hydrogen) atoms. The fourth-order valence-electron chi connectivity index (χ4n) is 3.69. The Morgan fingerprint density at radius 3 is 2.63 bits per heavy atom. The number of allylic oxidation sites excluding steroid dienone is 2. The summed E-state index contributed by atoms with van der Waals surface area (Å²) >= 11 is 1.87. The first kappa shape index (κ1) is 20.7. The van der Waals surface area contributed by atoms with Crippen molar-refractivity contribution in [1.82, 2.24) is 14.8 Å². The number of hydrogen-bond acceptors (Lipinski definition) is 3. The molecule has 1 atom stereocenters. The second kappa shape index (κ2) is 7.91. The first-order valence-corrected chi connectivity index (χ1v) is 11.0. The highest BCUT2D eigenvalue weighted by atomic mass is 32.2. The number of pyridine rings is 1. The molecule has 1 N–H and O–H groups in total. The second-order valence-corrected chi connectivity index (χ2v) is 10.2. The van der Waals surface area contributed by atoms with Gasteiger partial charge in [-0.3, -0.25) is 9.48 Å². The van der Waals surface area contributed by atoms with Gasteiger partial charge in [-0.15, -0.1) is 11.8 Å². The van der Waals surface area contributed by atoms with E-state index in [1.54, 1.807) is 10.9 Å². The molecule has 4 nitrogen and oxygen atoms in total. The molecule has 1 aromatic carbocycles. The number of aromatic amines is 1. The number of aromatic nitrogens is 3. The number of nitrogens with one attached hydrogen (secondary N) is 1. The van der Waals surface area contributed by atoms with Gasteiger partial charge in [-0.2, -0.15) is 5.10 Å². The average molecular weight is 424 g/mol. The van der Waals surface area contributed by atoms with E-state index >= 15 is 0 Å². The van der Waals surface area contributed by atoms with Crippen LogP contribution in [0.5, 0.6) is 0 Å². The van der Waals surface area contributed by atoms with E-state index in [9.17, 15) is 9.18 Å². The number of thioether (sulfide) groups is 1. The van der Waals surface area contributed by atoms with Gasteiger partial charge in [0.05, 0.1) is 11.9 Å². The van der Waals surface area contributed by atoms with Crippen molar-refractivity contribution < 1.29 is 4.39 Å². The molecule has 0 aliphatic carbocycles. The molecule has 2 aromatic heterocycles. The molecule has 6 heteroatoms. The Bertz CT molecular complexity index is 1170. The average Bonchev–Trinajstić information content (AvgIpc) is 3.32. The molecule has 0 saturated heterocycles. The Hall–Kier alpha value is -2.60. The van der Waals surface area contributed by atoms with Crippen molar-refractivity contribution in [3.8, 4) is 22.4 Å². The normalized spacial score (nSPS) is 16.7. The van der Waals surface area contributed by atoms with Gasteiger partial charge in [0, 0.05) is 30.1 Å². The van der Waals surface area contributed by atoms with Gasteiger partial charge in [0.15, 0.2) is 0 Å². The van der Waals surface area contributed by atoms with Crippen molar-refractivity contribution in [3.63, 3.8) is 0 Å². The van der Waals surface area contributed by atoms with Crippen LogP contribution in [0.3, 0.4) is 0 Å². The van der Waals surface area contributed by atoms with Gasteiger partial charge in [-0.1, -0.05) is 39.0 Å². The lowest BCUT2D eigenvalue weighted by Crippen LogP contribution is -2.08. The van der Waals surface area contributed by atoms with Crippen LogP contribution in [0.15, 0.2) is 58.5 Å². The Morgan fingerprint density at radius 2 is 2.00 bits per heavy atom. The van der Waals surface area contributed by atoms with E-state index in [4.69, 9.17) is 0 Å². The van der Waals surface area contributed by atoms with Crippen LogP contribution in [-0.2, 0) is 13.5 Å². The van der Waals surface area contributed by atoms with E-state index in [-0.39, 0.29) is 16.8 Å². The molecule has 0 saturated carbocycles. The first-order chi connectivity index (χ1) is 14.2. The summed E-state index contributed by atoms with van der Waals surface area (Å²) in [5.74, 6) is -0.222. The summed E-state index contributed by atoms with van der Waals surface area (Å²) < 4.78 is 16.6. The Labute approximate surface area is 180 Å². The molecular weight excluding hydrogens is 397 g/mol. The Morgan fingerprint density at radius 1 is 1.20 bits per heavy atom. The van der Waals surface area contributed by atoms with Crippen LogP contribution >= 0.6 is 11.8 Å². The van der Waals surface area contributed by atoms with E-state index < -0.39 is 0 Å². The van der Waals surface area contributed by atoms with E-state index in [1.165, 1.54) is 17.0 Å². The van der Waals surface area contributed by atoms with Crippen molar-refractivity contribution in [3.05, 3.63) is 75.4 Å². The van der Waals surface area contributed by atoms with Gasteiger partial charge in [0.2, 0.25) is 5.56 Å². The molecule has 0 amide bonds. The largest absolute Gasteiger partial charge is 0.322 e. The van der Waals surface area contributed by atoms with Crippen LogP contribution in [0.1, 0.15) is 32.8 Å². The lowest BCUT2D eigenvalue weighted by Gasteiger charge is -2.21. The van der Waals surface area contributed by atoms with Crippen LogP contribution in [-0.4, -0.2) is 20.0 Å². The van der Waals surface area contributed by atoms with Gasteiger partial charge in [0.1, 0.15) is 5.82 Å². The summed E-state index contributed by atoms with van der Waals surface area (Å²) in [6, 6.07) is 8.65. The minimum absolute atomic E-state index is 0.147. The molecule has 1 aliphatic rings. The predicted octanol–water partition coefficient (Wildman–Crippen LogP) is 5.56. The zero-order chi connectivity index (χ0) is 21.5. The molecule has 0 fully saturated rings. The maximum atomic E-state index is 14.9. The number of aryl methyl sites for hydroxylation is 1. The van der Waals surface area contributed by atoms with Gasteiger partial charge < -0.3 is 4.98 Å². The van der Waals surface area contributed by atoms with Crippen LogP contribution in [0.2, 0.25) is 0 Å². The maximum absolute atomic E-state index is 14.9. The molecule has 0 bridgehead atoms. The summed E-state index contributed by atoms with van der Waals surface area (Å²) in [7, 11) is 1.82. The maximum Gasteiger partial charge on any atom is 0.249 e. The minimum atomic E-state index is -0.223. The van der Waals surface area contributed by atoms with Crippen LogP contribution in [0.25, 0.3) is 22.4 Å². The summed E-state index contributed by atoms with van der Waals surface area (Å²) in [4.78, 5) is 16.4. The molecule has 156 valence electrons. The SMILES string of the molecule is Cn1cc(-c2cc(-c3ccc(CC4CC=C(C(C)(C)C)S4)c(F)c3)cc(=O)[nH]2)cn1. The molecule has 0 radical (unpaired) electrons. The molecular formula is C24H26FN3OS. The summed E-state index contributed by atoms with van der Waals surface area (Å²) in [6.45, 7) is 6.64. The number of hydrogen-bond donors (Lipinski definition) is 1. The van der Waals surface area contributed by atoms with Crippen molar-refractivity contribution >= 4 is 11.8 Å². The third-order valence-corrected chi connectivity index (χ3v) is 7.02. The molecule has 1 aliphatic heterocycles. The van der Waals surface area contributed by atoms with Gasteiger partial charge >= 0.3 is 0 Å². The zero-order valence-electron chi connectivity index (χ0n) is 17.7. The van der Waals surface area contributed by atoms with Crippen molar-refractivity contribution in [2.75, 3.05) is 0 Å². The lowest BCUT2D eigenvalue weighted by atomic mass is 9.95. The smallest absolute Gasteiger partial charge is 0.249 e. The third kappa shape index (κ3) is 4.43. The van der Waals surface area contributed by atoms with Gasteiger partial charge in [-0.05, 0) is 52.0 Å². The quantitative estimate of drug-likeness (QED) is 0.598. The zero-order valence-corrected chi connectivity index (χ0v) is 18.5. The molecule has 3 heterocycles. The number of nitrogens with zero attached hydrogens (tertiary/aromatic N) is 2. The van der Waals surface area contributed by atoms with E-state index in [0.717, 1.165) is 17.5 Å². The Balaban J connectivity index is 1.56. The van der Waals surface area contributed by atoms with Crippen molar-refractivity contribution in [2.45, 2.75) is 38.9 Å². The second-order valence-electron chi connectivity index (χ2n) is 8.85. The van der Waals surface area contributed by atoms with E-state index in [2.05, 4.69) is 36.9 Å². The monoisotopic (exact) mass is 423 g/mol. The topological polar surface area (TPSA) is 50.7 Å². The van der Waals surface area contributed by atoms with Crippen LogP contribution in [0.4, 0.5) is 4.39 Å². The van der Waals surface area contributed by atoms with Crippen LogP contribution < -0.4 is 5.56 Å². The third-order valence-electron chi connectivity index (χ3n) is 5.29. The highest BCUT2D eigenvalue weighted by molar-refractivity contribution is 8.04. The highest BCUT2D eigenvalue weighted by Crippen LogP contribution is 2.44. The number of benzene rings is 1. The van der Waals surface area contributed by atoms with Crippen molar-refractivity contribution in [2.24, 2.45) is 12.5 Å². The molecule has 1 unspecified atom stereocenters. The highest BCUT2D eigenvalue weighted by Gasteiger charge is 2.27. The number of rotatable bonds is 4. The Kier molecular flexibility index (Phi) is 5.45. The lowest BCUT2D eigenvalue weighted by molar-refractivity contribution is 0.533. The molecule has 4 rings (SSSR count). The van der Waals surface area contributed by atoms with E-state index in [1.807, 2.05) is 43.2 Å². The molecule has 0 spiro atoms. The first-order valence-electron chi connectivity index (χ1n) is 10.1. The summed E-state index contributed by atoms with van der Waals surface area (Å²) in [5, 5.41) is 4.52. The van der Waals surface area contributed by atoms with Gasteiger partial charge in [-0.25, -0.2) is 4.39 Å². The minimum Gasteiger partial charge on any atom is -0.322 e. The molecule has 3 aromatic rings.